The molecule has 0 radical (unpaired) electrons. The standard InChI is InChI=1S/C12H14F2N4O2S/c1-7-9(6-15-2)12(17-16-7)21(19,20)18-11-5-8(13)3-4-10(11)14/h3-5,15,18H,6H2,1-2H3,(H,16,17). The number of nitrogens with zero attached hydrogens (tertiary/aromatic N) is 1. The third kappa shape index (κ3) is 3.19. The maximum Gasteiger partial charge on any atom is 0.281 e. The first kappa shape index (κ1) is 15.4. The highest BCUT2D eigenvalue weighted by atomic mass is 32.2. The van der Waals surface area contributed by atoms with E-state index in [1.807, 2.05) is 4.72 Å². The van der Waals surface area contributed by atoms with Gasteiger partial charge < -0.3 is 5.32 Å². The van der Waals surface area contributed by atoms with Crippen molar-refractivity contribution in [3.8, 4) is 0 Å². The molecule has 0 amide bonds. The summed E-state index contributed by atoms with van der Waals surface area (Å²) in [6.45, 7) is 1.94. The first-order chi connectivity index (χ1) is 9.85. The average molecular weight is 316 g/mol. The Hall–Kier alpha value is -2.00. The van der Waals surface area contributed by atoms with Crippen LogP contribution in [-0.2, 0) is 16.6 Å². The summed E-state index contributed by atoms with van der Waals surface area (Å²) in [5.74, 6) is -1.62. The van der Waals surface area contributed by atoms with E-state index in [0.717, 1.165) is 18.2 Å². The smallest absolute Gasteiger partial charge is 0.281 e. The number of nitrogens with one attached hydrogen (secondary N) is 3. The molecule has 21 heavy (non-hydrogen) atoms. The van der Waals surface area contributed by atoms with Gasteiger partial charge in [0.15, 0.2) is 0 Å². The summed E-state index contributed by atoms with van der Waals surface area (Å²) in [4.78, 5) is 0. The van der Waals surface area contributed by atoms with Crippen molar-refractivity contribution in [1.82, 2.24) is 15.5 Å². The maximum absolute atomic E-state index is 13.5. The predicted octanol–water partition coefficient (Wildman–Crippen LogP) is 1.52. The van der Waals surface area contributed by atoms with E-state index in [1.54, 1.807) is 14.0 Å². The molecule has 0 saturated heterocycles. The molecule has 1 heterocycles. The maximum atomic E-state index is 13.5. The topological polar surface area (TPSA) is 86.9 Å². The molecule has 0 spiro atoms. The average Bonchev–Trinajstić information content (AvgIpc) is 2.77. The zero-order valence-electron chi connectivity index (χ0n) is 11.4. The summed E-state index contributed by atoms with van der Waals surface area (Å²) in [7, 11) is -2.47. The lowest BCUT2D eigenvalue weighted by Crippen LogP contribution is -2.18. The van der Waals surface area contributed by atoms with E-state index in [-0.39, 0.29) is 11.6 Å². The number of aryl methyl sites for hydroxylation is 1. The Morgan fingerprint density at radius 2 is 2.05 bits per heavy atom. The fourth-order valence-corrected chi connectivity index (χ4v) is 3.06. The van der Waals surface area contributed by atoms with Gasteiger partial charge in [0.25, 0.3) is 10.0 Å². The van der Waals surface area contributed by atoms with Crippen LogP contribution in [0.25, 0.3) is 0 Å². The van der Waals surface area contributed by atoms with Crippen LogP contribution < -0.4 is 10.0 Å². The molecule has 1 aromatic heterocycles. The Balaban J connectivity index is 2.41. The van der Waals surface area contributed by atoms with Gasteiger partial charge >= 0.3 is 0 Å². The Bertz CT molecular complexity index is 759. The summed E-state index contributed by atoms with van der Waals surface area (Å²) in [5, 5.41) is 8.86. The van der Waals surface area contributed by atoms with Crippen LogP contribution in [0, 0.1) is 18.6 Å². The first-order valence-electron chi connectivity index (χ1n) is 6.01. The summed E-state index contributed by atoms with van der Waals surface area (Å²) in [6, 6.07) is 2.51. The number of hydrogen-bond donors (Lipinski definition) is 3. The normalized spacial score (nSPS) is 11.6. The molecule has 1 aromatic carbocycles. The Morgan fingerprint density at radius 1 is 1.33 bits per heavy atom. The second kappa shape index (κ2) is 5.78. The van der Waals surface area contributed by atoms with Crippen molar-refractivity contribution in [3.05, 3.63) is 41.1 Å². The zero-order valence-corrected chi connectivity index (χ0v) is 12.2. The minimum Gasteiger partial charge on any atom is -0.316 e. The fourth-order valence-electron chi connectivity index (χ4n) is 1.81. The van der Waals surface area contributed by atoms with Crippen molar-refractivity contribution in [2.75, 3.05) is 11.8 Å². The Morgan fingerprint density at radius 3 is 2.71 bits per heavy atom. The first-order valence-corrected chi connectivity index (χ1v) is 7.50. The molecule has 0 saturated carbocycles. The molecular weight excluding hydrogens is 302 g/mol. The molecule has 0 atom stereocenters. The van der Waals surface area contributed by atoms with Crippen molar-refractivity contribution >= 4 is 15.7 Å². The Labute approximate surface area is 120 Å². The molecule has 3 N–H and O–H groups in total. The predicted molar refractivity (Wildman–Crippen MR) is 73.3 cm³/mol. The molecular formula is C12H14F2N4O2S. The SMILES string of the molecule is CNCc1c(S(=O)(=O)Nc2cc(F)ccc2F)n[nH]c1C. The van der Waals surface area contributed by atoms with Gasteiger partial charge in [-0.1, -0.05) is 0 Å². The van der Waals surface area contributed by atoms with Crippen LogP contribution in [-0.4, -0.2) is 25.7 Å². The molecule has 0 aliphatic heterocycles. The number of aromatic amines is 1. The number of aromatic nitrogens is 2. The highest BCUT2D eigenvalue weighted by Gasteiger charge is 2.24. The summed E-state index contributed by atoms with van der Waals surface area (Å²) in [6.07, 6.45) is 0. The molecule has 0 bridgehead atoms. The summed E-state index contributed by atoms with van der Waals surface area (Å²) < 4.78 is 53.2. The van der Waals surface area contributed by atoms with E-state index in [0.29, 0.717) is 11.3 Å². The van der Waals surface area contributed by atoms with Gasteiger partial charge in [0.2, 0.25) is 5.03 Å². The molecule has 6 nitrogen and oxygen atoms in total. The molecule has 0 aliphatic rings. The van der Waals surface area contributed by atoms with Gasteiger partial charge in [-0.3, -0.25) is 9.82 Å². The minimum atomic E-state index is -4.12. The van der Waals surface area contributed by atoms with Gasteiger partial charge in [-0.05, 0) is 26.1 Å². The van der Waals surface area contributed by atoms with Crippen LogP contribution in [0.3, 0.4) is 0 Å². The molecule has 2 aromatic rings. The number of halogens is 2. The van der Waals surface area contributed by atoms with Gasteiger partial charge in [0, 0.05) is 23.9 Å². The largest absolute Gasteiger partial charge is 0.316 e. The van der Waals surface area contributed by atoms with E-state index in [9.17, 15) is 17.2 Å². The third-order valence-electron chi connectivity index (χ3n) is 2.82. The highest BCUT2D eigenvalue weighted by Crippen LogP contribution is 2.22. The molecule has 114 valence electrons. The van der Waals surface area contributed by atoms with Gasteiger partial charge in [0.05, 0.1) is 5.69 Å². The molecule has 0 unspecified atom stereocenters. The van der Waals surface area contributed by atoms with E-state index in [1.165, 1.54) is 0 Å². The second-order valence-corrected chi connectivity index (χ2v) is 5.99. The summed E-state index contributed by atoms with van der Waals surface area (Å²) >= 11 is 0. The molecule has 0 aliphatic carbocycles. The fraction of sp³-hybridized carbons (Fsp3) is 0.250. The van der Waals surface area contributed by atoms with Gasteiger partial charge in [0.1, 0.15) is 11.6 Å². The van der Waals surface area contributed by atoms with Gasteiger partial charge in [-0.25, -0.2) is 8.78 Å². The van der Waals surface area contributed by atoms with Crippen LogP contribution in [0.15, 0.2) is 23.2 Å². The Kier molecular flexibility index (Phi) is 4.24. The highest BCUT2D eigenvalue weighted by molar-refractivity contribution is 7.92. The van der Waals surface area contributed by atoms with Crippen LogP contribution in [0.1, 0.15) is 11.3 Å². The van der Waals surface area contributed by atoms with Crippen molar-refractivity contribution in [3.63, 3.8) is 0 Å². The molecule has 0 fully saturated rings. The molecule has 9 heteroatoms. The number of H-pyrrole nitrogens is 1. The van der Waals surface area contributed by atoms with Crippen molar-refractivity contribution in [1.29, 1.82) is 0 Å². The summed E-state index contributed by atoms with van der Waals surface area (Å²) in [5.41, 5.74) is 0.539. The van der Waals surface area contributed by atoms with Crippen molar-refractivity contribution in [2.24, 2.45) is 0 Å². The van der Waals surface area contributed by atoms with Crippen molar-refractivity contribution < 1.29 is 17.2 Å². The number of sulfonamides is 1. The van der Waals surface area contributed by atoms with Gasteiger partial charge in [-0.2, -0.15) is 13.5 Å². The van der Waals surface area contributed by atoms with E-state index in [2.05, 4.69) is 15.5 Å². The van der Waals surface area contributed by atoms with Crippen LogP contribution >= 0.6 is 0 Å². The quantitative estimate of drug-likeness (QED) is 0.780. The lowest BCUT2D eigenvalue weighted by Gasteiger charge is -2.09. The minimum absolute atomic E-state index is 0.252. The van der Waals surface area contributed by atoms with E-state index >= 15 is 0 Å². The van der Waals surface area contributed by atoms with Crippen molar-refractivity contribution in [2.45, 2.75) is 18.5 Å². The van der Waals surface area contributed by atoms with Crippen LogP contribution in [0.5, 0.6) is 0 Å². The number of hydrogen-bond acceptors (Lipinski definition) is 4. The number of anilines is 1. The third-order valence-corrected chi connectivity index (χ3v) is 4.15. The van der Waals surface area contributed by atoms with E-state index in [4.69, 9.17) is 0 Å². The monoisotopic (exact) mass is 316 g/mol. The van der Waals surface area contributed by atoms with Crippen LogP contribution in [0.2, 0.25) is 0 Å². The second-order valence-electron chi connectivity index (χ2n) is 4.39. The van der Waals surface area contributed by atoms with Crippen LogP contribution in [0.4, 0.5) is 14.5 Å². The lowest BCUT2D eigenvalue weighted by atomic mass is 10.3. The number of rotatable bonds is 5. The van der Waals surface area contributed by atoms with E-state index < -0.39 is 27.3 Å². The lowest BCUT2D eigenvalue weighted by molar-refractivity contribution is 0.590. The number of benzene rings is 1. The van der Waals surface area contributed by atoms with Gasteiger partial charge in [-0.15, -0.1) is 0 Å². The zero-order chi connectivity index (χ0) is 15.6. The molecule has 2 rings (SSSR count).